The molecule has 0 unspecified atom stereocenters. The standard InChI is InChI=1S/C12H18N3OP/c1-15-8-10(7-13)9-4-5-11(14)12(6-9)17(2,3)16/h4-8,13,15H,14H2,1-3H3/b10-8+,13-7?. The first kappa shape index (κ1) is 13.5. The number of nitrogens with two attached hydrogens (primary N) is 1. The van der Waals surface area contributed by atoms with Crippen molar-refractivity contribution in [3.8, 4) is 0 Å². The van der Waals surface area contributed by atoms with E-state index in [-0.39, 0.29) is 0 Å². The first-order chi connectivity index (χ1) is 7.90. The van der Waals surface area contributed by atoms with Gasteiger partial charge in [0.05, 0.1) is 0 Å². The molecular formula is C12H18N3OP. The van der Waals surface area contributed by atoms with Crippen molar-refractivity contribution in [2.24, 2.45) is 0 Å². The molecule has 0 heterocycles. The lowest BCUT2D eigenvalue weighted by Crippen LogP contribution is -2.11. The fraction of sp³-hybridized carbons (Fsp3) is 0.250. The molecule has 0 aromatic heterocycles. The van der Waals surface area contributed by atoms with Gasteiger partial charge in [0.1, 0.15) is 7.14 Å². The van der Waals surface area contributed by atoms with Gasteiger partial charge in [-0.2, -0.15) is 0 Å². The third-order valence-corrected chi connectivity index (χ3v) is 3.95. The van der Waals surface area contributed by atoms with Gasteiger partial charge in [0.25, 0.3) is 0 Å². The van der Waals surface area contributed by atoms with E-state index in [0.29, 0.717) is 11.0 Å². The summed E-state index contributed by atoms with van der Waals surface area (Å²) in [4.78, 5) is 0. The number of nitrogen functional groups attached to an aromatic ring is 1. The van der Waals surface area contributed by atoms with Crippen LogP contribution in [0.2, 0.25) is 0 Å². The van der Waals surface area contributed by atoms with Crippen LogP contribution in [0, 0.1) is 5.41 Å². The predicted molar refractivity (Wildman–Crippen MR) is 75.8 cm³/mol. The Bertz CT molecular complexity index is 502. The predicted octanol–water partition coefficient (Wildman–Crippen LogP) is 1.73. The number of hydrogen-bond donors (Lipinski definition) is 3. The highest BCUT2D eigenvalue weighted by molar-refractivity contribution is 7.70. The van der Waals surface area contributed by atoms with Crippen molar-refractivity contribution in [3.05, 3.63) is 30.0 Å². The van der Waals surface area contributed by atoms with E-state index < -0.39 is 7.14 Å². The van der Waals surface area contributed by atoms with Gasteiger partial charge in [-0.1, -0.05) is 6.07 Å². The van der Waals surface area contributed by atoms with Crippen LogP contribution in [0.4, 0.5) is 5.69 Å². The molecule has 1 aromatic rings. The zero-order valence-corrected chi connectivity index (χ0v) is 11.2. The molecule has 0 bridgehead atoms. The molecule has 0 saturated heterocycles. The summed E-state index contributed by atoms with van der Waals surface area (Å²) in [6, 6.07) is 5.35. The lowest BCUT2D eigenvalue weighted by Gasteiger charge is -2.12. The van der Waals surface area contributed by atoms with E-state index in [1.54, 1.807) is 38.7 Å². The second-order valence-corrected chi connectivity index (χ2v) is 7.34. The van der Waals surface area contributed by atoms with Crippen LogP contribution in [0.5, 0.6) is 0 Å². The Morgan fingerprint density at radius 2 is 2.12 bits per heavy atom. The first-order valence-electron chi connectivity index (χ1n) is 5.23. The van der Waals surface area contributed by atoms with Crippen molar-refractivity contribution >= 4 is 29.9 Å². The Labute approximate surface area is 102 Å². The minimum Gasteiger partial charge on any atom is -0.398 e. The Balaban J connectivity index is 3.35. The molecule has 0 atom stereocenters. The Morgan fingerprint density at radius 1 is 1.47 bits per heavy atom. The maximum absolute atomic E-state index is 12.1. The van der Waals surface area contributed by atoms with Crippen molar-refractivity contribution in [1.29, 1.82) is 5.41 Å². The van der Waals surface area contributed by atoms with E-state index in [1.165, 1.54) is 6.21 Å². The summed E-state index contributed by atoms with van der Waals surface area (Å²) in [7, 11) is -0.629. The van der Waals surface area contributed by atoms with E-state index in [9.17, 15) is 4.57 Å². The molecule has 0 spiro atoms. The molecule has 0 aliphatic rings. The minimum absolute atomic E-state index is 0.538. The zero-order chi connectivity index (χ0) is 13.1. The lowest BCUT2D eigenvalue weighted by molar-refractivity contribution is 0.588. The van der Waals surface area contributed by atoms with Gasteiger partial charge in [-0.25, -0.2) is 0 Å². The maximum atomic E-state index is 12.1. The third-order valence-electron chi connectivity index (χ3n) is 2.40. The number of hydrogen-bond acceptors (Lipinski definition) is 4. The molecule has 0 aliphatic carbocycles. The Kier molecular flexibility index (Phi) is 4.13. The Morgan fingerprint density at radius 3 is 2.59 bits per heavy atom. The van der Waals surface area contributed by atoms with Crippen molar-refractivity contribution in [3.63, 3.8) is 0 Å². The molecule has 0 aliphatic heterocycles. The van der Waals surface area contributed by atoms with Crippen molar-refractivity contribution in [1.82, 2.24) is 5.32 Å². The van der Waals surface area contributed by atoms with E-state index in [0.717, 1.165) is 11.1 Å². The van der Waals surface area contributed by atoms with Gasteiger partial charge in [0.15, 0.2) is 0 Å². The molecule has 4 N–H and O–H groups in total. The molecule has 5 heteroatoms. The summed E-state index contributed by atoms with van der Waals surface area (Å²) in [5, 5.41) is 10.9. The van der Waals surface area contributed by atoms with Crippen LogP contribution in [0.15, 0.2) is 24.4 Å². The van der Waals surface area contributed by atoms with Crippen molar-refractivity contribution in [2.75, 3.05) is 26.1 Å². The highest BCUT2D eigenvalue weighted by Crippen LogP contribution is 2.37. The molecule has 4 nitrogen and oxygen atoms in total. The normalized spacial score (nSPS) is 12.3. The van der Waals surface area contributed by atoms with Crippen LogP contribution in [0.1, 0.15) is 5.56 Å². The second-order valence-electron chi connectivity index (χ2n) is 4.16. The Hall–Kier alpha value is -1.54. The average molecular weight is 251 g/mol. The van der Waals surface area contributed by atoms with Crippen LogP contribution in [-0.4, -0.2) is 26.6 Å². The van der Waals surface area contributed by atoms with E-state index in [1.807, 2.05) is 6.07 Å². The summed E-state index contributed by atoms with van der Waals surface area (Å²) >= 11 is 0. The van der Waals surface area contributed by atoms with Crippen LogP contribution in [0.3, 0.4) is 0 Å². The molecule has 0 radical (unpaired) electrons. The highest BCUT2D eigenvalue weighted by atomic mass is 31.2. The molecule has 17 heavy (non-hydrogen) atoms. The summed E-state index contributed by atoms with van der Waals surface area (Å²) < 4.78 is 12.1. The lowest BCUT2D eigenvalue weighted by atomic mass is 10.1. The largest absolute Gasteiger partial charge is 0.398 e. The number of benzene rings is 1. The van der Waals surface area contributed by atoms with E-state index in [4.69, 9.17) is 11.1 Å². The van der Waals surface area contributed by atoms with Crippen molar-refractivity contribution in [2.45, 2.75) is 0 Å². The van der Waals surface area contributed by atoms with Crippen LogP contribution >= 0.6 is 7.14 Å². The van der Waals surface area contributed by atoms with E-state index in [2.05, 4.69) is 5.32 Å². The molecule has 1 aromatic carbocycles. The van der Waals surface area contributed by atoms with Gasteiger partial charge in [-0.15, -0.1) is 0 Å². The van der Waals surface area contributed by atoms with Gasteiger partial charge in [-0.05, 0) is 31.0 Å². The molecule has 1 rings (SSSR count). The first-order valence-corrected chi connectivity index (χ1v) is 7.83. The second kappa shape index (κ2) is 5.19. The fourth-order valence-corrected chi connectivity index (χ4v) is 2.70. The smallest absolute Gasteiger partial charge is 0.111 e. The maximum Gasteiger partial charge on any atom is 0.111 e. The van der Waals surface area contributed by atoms with Gasteiger partial charge < -0.3 is 21.0 Å². The monoisotopic (exact) mass is 251 g/mol. The van der Waals surface area contributed by atoms with E-state index >= 15 is 0 Å². The van der Waals surface area contributed by atoms with Gasteiger partial charge in [0, 0.05) is 36.0 Å². The molecular weight excluding hydrogens is 233 g/mol. The molecule has 0 amide bonds. The molecule has 92 valence electrons. The summed E-state index contributed by atoms with van der Waals surface area (Å²) in [6.07, 6.45) is 2.97. The van der Waals surface area contributed by atoms with Gasteiger partial charge >= 0.3 is 0 Å². The molecule has 0 fully saturated rings. The fourth-order valence-electron chi connectivity index (χ4n) is 1.55. The topological polar surface area (TPSA) is 79.0 Å². The van der Waals surface area contributed by atoms with Gasteiger partial charge in [0.2, 0.25) is 0 Å². The van der Waals surface area contributed by atoms with Crippen LogP contribution in [-0.2, 0) is 4.57 Å². The molecule has 0 saturated carbocycles. The summed E-state index contributed by atoms with van der Waals surface area (Å²) in [6.45, 7) is 3.38. The zero-order valence-electron chi connectivity index (χ0n) is 10.3. The SMILES string of the molecule is CN/C=C(\C=N)c1ccc(N)c(P(C)(C)=O)c1. The minimum atomic E-state index is -2.40. The quantitative estimate of drug-likeness (QED) is 0.433. The number of nitrogens with one attached hydrogen (secondary N) is 2. The van der Waals surface area contributed by atoms with Crippen LogP contribution in [0.25, 0.3) is 5.57 Å². The number of rotatable bonds is 4. The summed E-state index contributed by atoms with van der Waals surface area (Å²) in [5.41, 5.74) is 7.92. The third kappa shape index (κ3) is 3.21. The highest BCUT2D eigenvalue weighted by Gasteiger charge is 2.15. The van der Waals surface area contributed by atoms with Crippen molar-refractivity contribution < 1.29 is 4.57 Å². The number of anilines is 1. The summed E-state index contributed by atoms with van der Waals surface area (Å²) in [5.74, 6) is 0. The van der Waals surface area contributed by atoms with Gasteiger partial charge in [-0.3, -0.25) is 0 Å². The number of allylic oxidation sites excluding steroid dienone is 1. The van der Waals surface area contributed by atoms with Crippen LogP contribution < -0.4 is 16.4 Å². The average Bonchev–Trinajstić information content (AvgIpc) is 2.25.